The average molecular weight is 401 g/mol. The molecule has 0 aliphatic heterocycles. The fraction of sp³-hybridized carbons (Fsp3) is 0.0870. The van der Waals surface area contributed by atoms with E-state index >= 15 is 0 Å². The molecule has 5 nitrogen and oxygen atoms in total. The molecule has 0 saturated carbocycles. The van der Waals surface area contributed by atoms with Gasteiger partial charge in [-0.15, -0.1) is 0 Å². The molecule has 2 aromatic carbocycles. The van der Waals surface area contributed by atoms with Gasteiger partial charge in [0, 0.05) is 23.9 Å². The molecule has 1 N–H and O–H groups in total. The number of benzene rings is 2. The number of nitrogens with zero attached hydrogens (tertiary/aromatic N) is 3. The lowest BCUT2D eigenvalue weighted by atomic mass is 10.1. The predicted octanol–water partition coefficient (Wildman–Crippen LogP) is 6.30. The number of ether oxygens (including phenoxy) is 1. The van der Waals surface area contributed by atoms with E-state index < -0.39 is 0 Å². The first-order valence-electron chi connectivity index (χ1n) is 8.78. The van der Waals surface area contributed by atoms with E-state index in [9.17, 15) is 0 Å². The molecule has 0 bridgehead atoms. The van der Waals surface area contributed by atoms with Crippen LogP contribution in [0.3, 0.4) is 0 Å². The fourth-order valence-corrected chi connectivity index (χ4v) is 3.06. The lowest BCUT2D eigenvalue weighted by molar-refractivity contribution is 0.475. The van der Waals surface area contributed by atoms with E-state index in [4.69, 9.17) is 26.9 Å². The Morgan fingerprint density at radius 2 is 1.72 bits per heavy atom. The van der Waals surface area contributed by atoms with Gasteiger partial charge in [-0.2, -0.15) is 10.5 Å². The molecule has 3 aromatic rings. The van der Waals surface area contributed by atoms with Gasteiger partial charge in [0.15, 0.2) is 0 Å². The lowest BCUT2D eigenvalue weighted by Gasteiger charge is -2.14. The van der Waals surface area contributed by atoms with Crippen LogP contribution in [0.4, 0.5) is 11.5 Å². The van der Waals surface area contributed by atoms with Gasteiger partial charge in [-0.1, -0.05) is 11.6 Å². The quantitative estimate of drug-likeness (QED) is 0.401. The van der Waals surface area contributed by atoms with Gasteiger partial charge in [0.05, 0.1) is 17.7 Å². The number of allylic oxidation sites excluding steroid dienone is 1. The Balaban J connectivity index is 1.86. The lowest BCUT2D eigenvalue weighted by Crippen LogP contribution is -1.97. The number of hydrogen-bond donors (Lipinski definition) is 1. The maximum atomic E-state index is 8.90. The monoisotopic (exact) mass is 400 g/mol. The van der Waals surface area contributed by atoms with Crippen LogP contribution in [0, 0.1) is 36.5 Å². The first-order chi connectivity index (χ1) is 14.0. The number of nitrogens with one attached hydrogen (secondary N) is 1. The Morgan fingerprint density at radius 3 is 2.34 bits per heavy atom. The summed E-state index contributed by atoms with van der Waals surface area (Å²) < 4.78 is 6.10. The van der Waals surface area contributed by atoms with Crippen LogP contribution in [0.1, 0.15) is 22.3 Å². The molecule has 0 spiro atoms. The predicted molar refractivity (Wildman–Crippen MR) is 114 cm³/mol. The van der Waals surface area contributed by atoms with E-state index in [1.54, 1.807) is 42.5 Å². The number of anilines is 2. The van der Waals surface area contributed by atoms with E-state index in [2.05, 4.69) is 16.4 Å². The second kappa shape index (κ2) is 8.93. The SMILES string of the molecule is Cc1cc(/C=C/C#N)cc(C)c1Oc1cc(Cl)nc(Nc2ccc(C#N)cc2)c1. The molecule has 142 valence electrons. The molecule has 0 unspecified atom stereocenters. The van der Waals surface area contributed by atoms with Crippen LogP contribution in [0.15, 0.2) is 54.6 Å². The summed E-state index contributed by atoms with van der Waals surface area (Å²) in [6, 6.07) is 18.4. The second-order valence-corrected chi connectivity index (χ2v) is 6.76. The summed E-state index contributed by atoms with van der Waals surface area (Å²) in [4.78, 5) is 4.28. The molecule has 0 atom stereocenters. The van der Waals surface area contributed by atoms with E-state index in [0.717, 1.165) is 28.1 Å². The fourth-order valence-electron chi connectivity index (χ4n) is 2.86. The van der Waals surface area contributed by atoms with Gasteiger partial charge in [0.2, 0.25) is 0 Å². The largest absolute Gasteiger partial charge is 0.457 e. The van der Waals surface area contributed by atoms with Crippen molar-refractivity contribution in [2.45, 2.75) is 13.8 Å². The minimum absolute atomic E-state index is 0.294. The molecule has 0 radical (unpaired) electrons. The van der Waals surface area contributed by atoms with Crippen molar-refractivity contribution in [3.8, 4) is 23.6 Å². The summed E-state index contributed by atoms with van der Waals surface area (Å²) >= 11 is 6.18. The van der Waals surface area contributed by atoms with Crippen molar-refractivity contribution in [2.75, 3.05) is 5.32 Å². The molecule has 29 heavy (non-hydrogen) atoms. The minimum atomic E-state index is 0.294. The van der Waals surface area contributed by atoms with Gasteiger partial charge in [0.1, 0.15) is 22.5 Å². The molecule has 0 aliphatic rings. The maximum Gasteiger partial charge on any atom is 0.135 e. The zero-order valence-electron chi connectivity index (χ0n) is 15.9. The van der Waals surface area contributed by atoms with Crippen LogP contribution in [0.2, 0.25) is 5.15 Å². The van der Waals surface area contributed by atoms with Gasteiger partial charge in [-0.3, -0.25) is 0 Å². The highest BCUT2D eigenvalue weighted by atomic mass is 35.5. The van der Waals surface area contributed by atoms with Crippen LogP contribution in [0.5, 0.6) is 11.5 Å². The average Bonchev–Trinajstić information content (AvgIpc) is 2.69. The first-order valence-corrected chi connectivity index (χ1v) is 9.16. The molecule has 1 aromatic heterocycles. The van der Waals surface area contributed by atoms with Crippen LogP contribution in [-0.4, -0.2) is 4.98 Å². The Bertz CT molecular complexity index is 1130. The smallest absolute Gasteiger partial charge is 0.135 e. The molecule has 0 saturated heterocycles. The van der Waals surface area contributed by atoms with E-state index in [0.29, 0.717) is 22.3 Å². The summed E-state index contributed by atoms with van der Waals surface area (Å²) in [5.74, 6) is 1.81. The third-order valence-corrected chi connectivity index (χ3v) is 4.30. The van der Waals surface area contributed by atoms with Crippen molar-refractivity contribution in [3.05, 3.63) is 82.0 Å². The van der Waals surface area contributed by atoms with Crippen molar-refractivity contribution in [1.82, 2.24) is 4.98 Å². The number of nitriles is 2. The van der Waals surface area contributed by atoms with Crippen LogP contribution in [-0.2, 0) is 0 Å². The molecule has 0 fully saturated rings. The highest BCUT2D eigenvalue weighted by molar-refractivity contribution is 6.29. The highest BCUT2D eigenvalue weighted by Gasteiger charge is 2.10. The van der Waals surface area contributed by atoms with Crippen LogP contribution in [0.25, 0.3) is 6.08 Å². The minimum Gasteiger partial charge on any atom is -0.457 e. The summed E-state index contributed by atoms with van der Waals surface area (Å²) in [5.41, 5.74) is 4.18. The van der Waals surface area contributed by atoms with Gasteiger partial charge < -0.3 is 10.1 Å². The van der Waals surface area contributed by atoms with Crippen molar-refractivity contribution in [2.24, 2.45) is 0 Å². The Kier molecular flexibility index (Phi) is 6.14. The number of rotatable bonds is 5. The molecular weight excluding hydrogens is 384 g/mol. The molecule has 0 amide bonds. The van der Waals surface area contributed by atoms with Gasteiger partial charge >= 0.3 is 0 Å². The van der Waals surface area contributed by atoms with Gasteiger partial charge in [-0.25, -0.2) is 4.98 Å². The zero-order valence-corrected chi connectivity index (χ0v) is 16.7. The number of aryl methyl sites for hydroxylation is 2. The number of pyridine rings is 1. The molecule has 3 rings (SSSR count). The number of halogens is 1. The Morgan fingerprint density at radius 1 is 1.03 bits per heavy atom. The van der Waals surface area contributed by atoms with Crippen LogP contribution >= 0.6 is 11.6 Å². The van der Waals surface area contributed by atoms with Crippen LogP contribution < -0.4 is 10.1 Å². The zero-order chi connectivity index (χ0) is 20.8. The third-order valence-electron chi connectivity index (χ3n) is 4.11. The van der Waals surface area contributed by atoms with Crippen molar-refractivity contribution < 1.29 is 4.74 Å². The standard InChI is InChI=1S/C23H17ClN4O/c1-15-10-18(4-3-9-25)11-16(2)23(15)29-20-12-21(24)28-22(13-20)27-19-7-5-17(14-26)6-8-19/h3-8,10-13H,1-2H3,(H,27,28)/b4-3+. The summed E-state index contributed by atoms with van der Waals surface area (Å²) in [6.45, 7) is 3.90. The molecular formula is C23H17ClN4O. The maximum absolute atomic E-state index is 8.90. The summed E-state index contributed by atoms with van der Waals surface area (Å²) in [7, 11) is 0. The first kappa shape index (κ1) is 19.9. The summed E-state index contributed by atoms with van der Waals surface area (Å²) in [5, 5.41) is 21.1. The second-order valence-electron chi connectivity index (χ2n) is 6.37. The highest BCUT2D eigenvalue weighted by Crippen LogP contribution is 2.33. The van der Waals surface area contributed by atoms with Crippen molar-refractivity contribution >= 4 is 29.2 Å². The molecule has 6 heteroatoms. The van der Waals surface area contributed by atoms with Crippen molar-refractivity contribution in [3.63, 3.8) is 0 Å². The third kappa shape index (κ3) is 5.13. The topological polar surface area (TPSA) is 81.7 Å². The number of hydrogen-bond acceptors (Lipinski definition) is 5. The van der Waals surface area contributed by atoms with E-state index in [-0.39, 0.29) is 0 Å². The number of aromatic nitrogens is 1. The normalized spacial score (nSPS) is 10.4. The molecule has 0 aliphatic carbocycles. The van der Waals surface area contributed by atoms with Gasteiger partial charge in [-0.05, 0) is 73.0 Å². The van der Waals surface area contributed by atoms with Crippen molar-refractivity contribution in [1.29, 1.82) is 10.5 Å². The van der Waals surface area contributed by atoms with E-state index in [1.807, 2.05) is 32.0 Å². The van der Waals surface area contributed by atoms with Gasteiger partial charge in [0.25, 0.3) is 0 Å². The Labute approximate surface area is 174 Å². The molecule has 1 heterocycles. The Hall–Kier alpha value is -3.80. The summed E-state index contributed by atoms with van der Waals surface area (Å²) in [6.07, 6.45) is 3.20. The van der Waals surface area contributed by atoms with E-state index in [1.165, 1.54) is 6.08 Å².